The fourth-order valence-electron chi connectivity index (χ4n) is 2.48. The summed E-state index contributed by atoms with van der Waals surface area (Å²) < 4.78 is 16.1. The fourth-order valence-corrected chi connectivity index (χ4v) is 2.48. The van der Waals surface area contributed by atoms with Crippen LogP contribution in [0.15, 0.2) is 18.2 Å². The van der Waals surface area contributed by atoms with Gasteiger partial charge in [0.2, 0.25) is 0 Å². The Labute approximate surface area is 127 Å². The molecule has 1 heterocycles. The van der Waals surface area contributed by atoms with Crippen molar-refractivity contribution in [1.82, 2.24) is 5.32 Å². The van der Waals surface area contributed by atoms with Gasteiger partial charge in [-0.3, -0.25) is 0 Å². The highest BCUT2D eigenvalue weighted by Gasteiger charge is 2.11. The van der Waals surface area contributed by atoms with Crippen LogP contribution in [0.3, 0.4) is 0 Å². The number of ether oxygens (including phenoxy) is 3. The second-order valence-electron chi connectivity index (χ2n) is 5.39. The van der Waals surface area contributed by atoms with Crippen LogP contribution >= 0.6 is 0 Å². The van der Waals surface area contributed by atoms with E-state index in [1.54, 1.807) is 7.11 Å². The van der Waals surface area contributed by atoms with Crippen LogP contribution in [-0.2, 0) is 11.2 Å². The molecule has 1 aliphatic rings. The topological polar surface area (TPSA) is 39.7 Å². The molecule has 21 heavy (non-hydrogen) atoms. The maximum absolute atomic E-state index is 5.61. The zero-order valence-corrected chi connectivity index (χ0v) is 13.0. The summed E-state index contributed by atoms with van der Waals surface area (Å²) in [6.45, 7) is 4.16. The van der Waals surface area contributed by atoms with Gasteiger partial charge in [-0.2, -0.15) is 0 Å². The zero-order chi connectivity index (χ0) is 14.8. The molecule has 0 aromatic heterocycles. The van der Waals surface area contributed by atoms with Gasteiger partial charge >= 0.3 is 0 Å². The molecule has 2 rings (SSSR count). The van der Waals surface area contributed by atoms with E-state index in [9.17, 15) is 0 Å². The molecule has 0 spiro atoms. The summed E-state index contributed by atoms with van der Waals surface area (Å²) in [6, 6.07) is 6.31. The van der Waals surface area contributed by atoms with E-state index in [-0.39, 0.29) is 0 Å². The van der Waals surface area contributed by atoms with Gasteiger partial charge in [0.05, 0.1) is 6.61 Å². The third kappa shape index (κ3) is 5.94. The van der Waals surface area contributed by atoms with Gasteiger partial charge in [0, 0.05) is 13.7 Å². The molecule has 0 radical (unpaired) electrons. The number of fused-ring (bicyclic) bond motifs is 1. The Morgan fingerprint density at radius 3 is 2.67 bits per heavy atom. The Bertz CT molecular complexity index is 409. The Kier molecular flexibility index (Phi) is 7.39. The highest BCUT2D eigenvalue weighted by Crippen LogP contribution is 2.31. The van der Waals surface area contributed by atoms with Crippen LogP contribution in [0.25, 0.3) is 0 Å². The molecule has 1 aromatic rings. The van der Waals surface area contributed by atoms with Gasteiger partial charge in [-0.05, 0) is 43.5 Å². The van der Waals surface area contributed by atoms with E-state index in [1.807, 2.05) is 6.07 Å². The van der Waals surface area contributed by atoms with Crippen molar-refractivity contribution >= 4 is 0 Å². The first-order chi connectivity index (χ1) is 10.4. The number of rotatable bonds is 10. The summed E-state index contributed by atoms with van der Waals surface area (Å²) in [6.07, 6.45) is 6.15. The SMILES string of the molecule is COCCNCCCCCCc1ccc2c(c1)OCCO2. The third-order valence-corrected chi connectivity index (χ3v) is 3.66. The Balaban J connectivity index is 1.54. The minimum Gasteiger partial charge on any atom is -0.486 e. The van der Waals surface area contributed by atoms with Gasteiger partial charge in [-0.1, -0.05) is 18.9 Å². The summed E-state index contributed by atoms with van der Waals surface area (Å²) in [7, 11) is 1.74. The van der Waals surface area contributed by atoms with Gasteiger partial charge in [0.25, 0.3) is 0 Å². The van der Waals surface area contributed by atoms with E-state index in [2.05, 4.69) is 17.4 Å². The number of aryl methyl sites for hydroxylation is 1. The number of hydrogen-bond donors (Lipinski definition) is 1. The molecule has 0 amide bonds. The Morgan fingerprint density at radius 2 is 1.81 bits per heavy atom. The molecule has 0 bridgehead atoms. The van der Waals surface area contributed by atoms with Crippen molar-refractivity contribution in [1.29, 1.82) is 0 Å². The van der Waals surface area contributed by atoms with Crippen LogP contribution in [0.5, 0.6) is 11.5 Å². The third-order valence-electron chi connectivity index (χ3n) is 3.66. The van der Waals surface area contributed by atoms with E-state index in [1.165, 1.54) is 31.2 Å². The molecule has 4 nitrogen and oxygen atoms in total. The summed E-state index contributed by atoms with van der Waals surface area (Å²) in [4.78, 5) is 0. The summed E-state index contributed by atoms with van der Waals surface area (Å²) in [5.74, 6) is 1.79. The quantitative estimate of drug-likeness (QED) is 0.673. The van der Waals surface area contributed by atoms with E-state index >= 15 is 0 Å². The monoisotopic (exact) mass is 293 g/mol. The molecule has 0 saturated heterocycles. The molecule has 0 atom stereocenters. The number of unbranched alkanes of at least 4 members (excludes halogenated alkanes) is 3. The molecule has 0 saturated carbocycles. The number of nitrogens with one attached hydrogen (secondary N) is 1. The van der Waals surface area contributed by atoms with Crippen molar-refractivity contribution in [2.45, 2.75) is 32.1 Å². The van der Waals surface area contributed by atoms with Gasteiger partial charge in [0.1, 0.15) is 13.2 Å². The van der Waals surface area contributed by atoms with Crippen LogP contribution in [0.2, 0.25) is 0 Å². The minimum absolute atomic E-state index is 0.658. The summed E-state index contributed by atoms with van der Waals surface area (Å²) in [5.41, 5.74) is 1.34. The van der Waals surface area contributed by atoms with Crippen molar-refractivity contribution in [2.24, 2.45) is 0 Å². The highest BCUT2D eigenvalue weighted by molar-refractivity contribution is 5.43. The van der Waals surface area contributed by atoms with E-state index in [0.29, 0.717) is 13.2 Å². The van der Waals surface area contributed by atoms with Crippen LogP contribution in [0.4, 0.5) is 0 Å². The molecule has 0 aliphatic carbocycles. The summed E-state index contributed by atoms with van der Waals surface area (Å²) >= 11 is 0. The average Bonchev–Trinajstić information content (AvgIpc) is 2.53. The molecule has 0 fully saturated rings. The molecule has 0 unspecified atom stereocenters. The molecule has 4 heteroatoms. The van der Waals surface area contributed by atoms with E-state index in [4.69, 9.17) is 14.2 Å². The van der Waals surface area contributed by atoms with Gasteiger partial charge in [-0.15, -0.1) is 0 Å². The van der Waals surface area contributed by atoms with E-state index < -0.39 is 0 Å². The molecule has 1 aromatic carbocycles. The Hall–Kier alpha value is -1.26. The van der Waals surface area contributed by atoms with Crippen LogP contribution in [0.1, 0.15) is 31.2 Å². The van der Waals surface area contributed by atoms with Gasteiger partial charge in [-0.25, -0.2) is 0 Å². The van der Waals surface area contributed by atoms with Crippen LogP contribution in [-0.4, -0.2) is 40.0 Å². The lowest BCUT2D eigenvalue weighted by Crippen LogP contribution is -2.20. The normalized spacial score (nSPS) is 13.4. The van der Waals surface area contributed by atoms with Crippen molar-refractivity contribution in [3.63, 3.8) is 0 Å². The van der Waals surface area contributed by atoms with Crippen LogP contribution < -0.4 is 14.8 Å². The Morgan fingerprint density at radius 1 is 1.00 bits per heavy atom. The van der Waals surface area contributed by atoms with Crippen molar-refractivity contribution < 1.29 is 14.2 Å². The second-order valence-corrected chi connectivity index (χ2v) is 5.39. The van der Waals surface area contributed by atoms with Gasteiger partial charge < -0.3 is 19.5 Å². The predicted octanol–water partition coefficient (Wildman–Crippen LogP) is 2.80. The largest absolute Gasteiger partial charge is 0.486 e. The van der Waals surface area contributed by atoms with Crippen molar-refractivity contribution in [3.8, 4) is 11.5 Å². The van der Waals surface area contributed by atoms with Crippen molar-refractivity contribution in [3.05, 3.63) is 23.8 Å². The maximum Gasteiger partial charge on any atom is 0.161 e. The molecule has 118 valence electrons. The highest BCUT2D eigenvalue weighted by atomic mass is 16.6. The standard InChI is InChI=1S/C17H27NO3/c1-19-11-10-18-9-5-3-2-4-6-15-7-8-16-17(14-15)21-13-12-20-16/h7-8,14,18H,2-6,9-13H2,1H3. The molecule has 1 aliphatic heterocycles. The lowest BCUT2D eigenvalue weighted by atomic mass is 10.1. The zero-order valence-electron chi connectivity index (χ0n) is 13.0. The maximum atomic E-state index is 5.61. The predicted molar refractivity (Wildman–Crippen MR) is 84.3 cm³/mol. The van der Waals surface area contributed by atoms with Crippen LogP contribution in [0, 0.1) is 0 Å². The van der Waals surface area contributed by atoms with Gasteiger partial charge in [0.15, 0.2) is 11.5 Å². The second kappa shape index (κ2) is 9.64. The molecular weight excluding hydrogens is 266 g/mol. The lowest BCUT2D eigenvalue weighted by molar-refractivity contribution is 0.171. The first kappa shape index (κ1) is 16.1. The lowest BCUT2D eigenvalue weighted by Gasteiger charge is -2.18. The fraction of sp³-hybridized carbons (Fsp3) is 0.647. The first-order valence-electron chi connectivity index (χ1n) is 7.98. The average molecular weight is 293 g/mol. The number of hydrogen-bond acceptors (Lipinski definition) is 4. The first-order valence-corrected chi connectivity index (χ1v) is 7.98. The summed E-state index contributed by atoms with van der Waals surface area (Å²) in [5, 5.41) is 3.37. The minimum atomic E-state index is 0.658. The number of methoxy groups -OCH3 is 1. The van der Waals surface area contributed by atoms with E-state index in [0.717, 1.165) is 37.6 Å². The molecular formula is C17H27NO3. The van der Waals surface area contributed by atoms with Crippen molar-refractivity contribution in [2.75, 3.05) is 40.0 Å². The smallest absolute Gasteiger partial charge is 0.161 e. The number of benzene rings is 1. The molecule has 1 N–H and O–H groups in total.